The monoisotopic (exact) mass is 228 g/mol. The molecule has 2 N–H and O–H groups in total. The molecule has 0 fully saturated rings. The Hall–Kier alpha value is -2.23. The van der Waals surface area contributed by atoms with Crippen molar-refractivity contribution in [2.75, 3.05) is 5.73 Å². The lowest BCUT2D eigenvalue weighted by molar-refractivity contribution is 0.0719. The summed E-state index contributed by atoms with van der Waals surface area (Å²) < 4.78 is 5.11. The molecule has 17 heavy (non-hydrogen) atoms. The summed E-state index contributed by atoms with van der Waals surface area (Å²) in [6, 6.07) is 9.15. The molecule has 0 saturated carbocycles. The Kier molecular flexibility index (Phi) is 2.14. The minimum atomic E-state index is -0.0789. The molecule has 1 amide bonds. The second-order valence-corrected chi connectivity index (χ2v) is 4.17. The number of carbonyl (C=O) groups is 1. The molecule has 0 radical (unpaired) electrons. The van der Waals surface area contributed by atoms with Crippen LogP contribution in [-0.2, 0) is 13.1 Å². The molecule has 4 nitrogen and oxygen atoms in total. The van der Waals surface area contributed by atoms with Crippen molar-refractivity contribution >= 4 is 11.6 Å². The molecule has 0 bridgehead atoms. The number of carbonyl (C=O) groups excluding carboxylic acids is 1. The van der Waals surface area contributed by atoms with Crippen molar-refractivity contribution in [2.45, 2.75) is 13.1 Å². The van der Waals surface area contributed by atoms with Gasteiger partial charge in [0.2, 0.25) is 0 Å². The fourth-order valence-electron chi connectivity index (χ4n) is 2.11. The first-order chi connectivity index (χ1) is 8.24. The van der Waals surface area contributed by atoms with E-state index in [2.05, 4.69) is 0 Å². The van der Waals surface area contributed by atoms with Crippen LogP contribution in [0.25, 0.3) is 0 Å². The highest BCUT2D eigenvalue weighted by molar-refractivity contribution is 5.91. The Labute approximate surface area is 98.6 Å². The van der Waals surface area contributed by atoms with E-state index in [1.54, 1.807) is 17.0 Å². The number of hydrogen-bond acceptors (Lipinski definition) is 3. The van der Waals surface area contributed by atoms with Gasteiger partial charge in [-0.15, -0.1) is 0 Å². The predicted molar refractivity (Wildman–Crippen MR) is 63.1 cm³/mol. The second-order valence-electron chi connectivity index (χ2n) is 4.17. The van der Waals surface area contributed by atoms with Gasteiger partial charge in [-0.05, 0) is 35.4 Å². The van der Waals surface area contributed by atoms with Crippen molar-refractivity contribution < 1.29 is 9.21 Å². The molecular weight excluding hydrogens is 216 g/mol. The van der Waals surface area contributed by atoms with Crippen LogP contribution in [0.4, 0.5) is 5.69 Å². The van der Waals surface area contributed by atoms with Crippen LogP contribution in [0, 0.1) is 0 Å². The van der Waals surface area contributed by atoms with Crippen LogP contribution in [0.1, 0.15) is 21.7 Å². The minimum Gasteiger partial charge on any atom is -0.459 e. The summed E-state index contributed by atoms with van der Waals surface area (Å²) in [5, 5.41) is 0. The third-order valence-electron chi connectivity index (χ3n) is 2.97. The third kappa shape index (κ3) is 1.67. The van der Waals surface area contributed by atoms with Crippen LogP contribution >= 0.6 is 0 Å². The number of benzene rings is 1. The molecule has 3 rings (SSSR count). The average molecular weight is 228 g/mol. The van der Waals surface area contributed by atoms with Gasteiger partial charge in [0.1, 0.15) is 0 Å². The van der Waals surface area contributed by atoms with Crippen LogP contribution in [0.15, 0.2) is 41.0 Å². The highest BCUT2D eigenvalue weighted by Gasteiger charge is 2.25. The number of nitrogens with zero attached hydrogens (tertiary/aromatic N) is 1. The predicted octanol–water partition coefficient (Wildman–Crippen LogP) is 2.02. The Morgan fingerprint density at radius 3 is 2.82 bits per heavy atom. The summed E-state index contributed by atoms with van der Waals surface area (Å²) in [5.74, 6) is 0.301. The zero-order chi connectivity index (χ0) is 11.8. The maximum Gasteiger partial charge on any atom is 0.290 e. The van der Waals surface area contributed by atoms with Crippen molar-refractivity contribution in [3.05, 3.63) is 53.5 Å². The summed E-state index contributed by atoms with van der Waals surface area (Å²) in [6.07, 6.45) is 1.51. The Morgan fingerprint density at radius 2 is 2.06 bits per heavy atom. The molecule has 0 spiro atoms. The maximum atomic E-state index is 12.1. The first-order valence-corrected chi connectivity index (χ1v) is 5.44. The van der Waals surface area contributed by atoms with Gasteiger partial charge in [-0.2, -0.15) is 0 Å². The van der Waals surface area contributed by atoms with Crippen LogP contribution in [-0.4, -0.2) is 10.8 Å². The fraction of sp³-hybridized carbons (Fsp3) is 0.154. The standard InChI is InChI=1S/C13H12N2O2/c14-11-4-3-9-7-15(8-10(9)6-11)13(16)12-2-1-5-17-12/h1-6H,7-8,14H2. The fourth-order valence-corrected chi connectivity index (χ4v) is 2.11. The van der Waals surface area contributed by atoms with E-state index in [1.807, 2.05) is 18.2 Å². The van der Waals surface area contributed by atoms with E-state index >= 15 is 0 Å². The lowest BCUT2D eigenvalue weighted by atomic mass is 10.1. The molecule has 1 aromatic heterocycles. The average Bonchev–Trinajstić information content (AvgIpc) is 2.96. The van der Waals surface area contributed by atoms with E-state index in [9.17, 15) is 4.79 Å². The van der Waals surface area contributed by atoms with Crippen molar-refractivity contribution in [2.24, 2.45) is 0 Å². The van der Waals surface area contributed by atoms with Crippen molar-refractivity contribution in [1.29, 1.82) is 0 Å². The van der Waals surface area contributed by atoms with Crippen molar-refractivity contribution in [3.8, 4) is 0 Å². The summed E-state index contributed by atoms with van der Waals surface area (Å²) in [7, 11) is 0. The number of furan rings is 1. The van der Waals surface area contributed by atoms with Crippen molar-refractivity contribution in [1.82, 2.24) is 4.90 Å². The number of fused-ring (bicyclic) bond motifs is 1. The molecule has 0 saturated heterocycles. The van der Waals surface area contributed by atoms with Gasteiger partial charge in [0.25, 0.3) is 5.91 Å². The van der Waals surface area contributed by atoms with Gasteiger partial charge in [0, 0.05) is 18.8 Å². The number of nitrogen functional groups attached to an aromatic ring is 1. The summed E-state index contributed by atoms with van der Waals surface area (Å²) in [6.45, 7) is 1.22. The van der Waals surface area contributed by atoms with Gasteiger partial charge in [0.05, 0.1) is 6.26 Å². The smallest absolute Gasteiger partial charge is 0.290 e. The molecular formula is C13H12N2O2. The number of nitrogens with two attached hydrogens (primary N) is 1. The molecule has 2 heterocycles. The number of amides is 1. The maximum absolute atomic E-state index is 12.1. The van der Waals surface area contributed by atoms with Gasteiger partial charge < -0.3 is 15.1 Å². The van der Waals surface area contributed by atoms with Gasteiger partial charge in [-0.25, -0.2) is 0 Å². The molecule has 1 aliphatic heterocycles. The van der Waals surface area contributed by atoms with Crippen molar-refractivity contribution in [3.63, 3.8) is 0 Å². The molecule has 0 aliphatic carbocycles. The lowest BCUT2D eigenvalue weighted by Crippen LogP contribution is -2.24. The summed E-state index contributed by atoms with van der Waals surface area (Å²) in [4.78, 5) is 13.8. The van der Waals surface area contributed by atoms with Crippen LogP contribution in [0.2, 0.25) is 0 Å². The molecule has 2 aromatic rings. The zero-order valence-electron chi connectivity index (χ0n) is 9.22. The number of hydrogen-bond donors (Lipinski definition) is 1. The quantitative estimate of drug-likeness (QED) is 0.759. The lowest BCUT2D eigenvalue weighted by Gasteiger charge is -2.12. The second kappa shape index (κ2) is 3.66. The van der Waals surface area contributed by atoms with Crippen LogP contribution in [0.5, 0.6) is 0 Å². The van der Waals surface area contributed by atoms with Gasteiger partial charge in [0.15, 0.2) is 5.76 Å². The van der Waals surface area contributed by atoms with E-state index in [0.29, 0.717) is 18.8 Å². The largest absolute Gasteiger partial charge is 0.459 e. The van der Waals surface area contributed by atoms with E-state index in [-0.39, 0.29) is 5.91 Å². The Bertz CT molecular complexity index is 561. The molecule has 1 aromatic carbocycles. The topological polar surface area (TPSA) is 59.5 Å². The van der Waals surface area contributed by atoms with Gasteiger partial charge >= 0.3 is 0 Å². The Balaban J connectivity index is 1.85. The van der Waals surface area contributed by atoms with Crippen LogP contribution in [0.3, 0.4) is 0 Å². The molecule has 4 heteroatoms. The van der Waals surface area contributed by atoms with Gasteiger partial charge in [-0.1, -0.05) is 6.07 Å². The number of rotatable bonds is 1. The minimum absolute atomic E-state index is 0.0789. The molecule has 86 valence electrons. The van der Waals surface area contributed by atoms with E-state index < -0.39 is 0 Å². The van der Waals surface area contributed by atoms with E-state index in [1.165, 1.54) is 6.26 Å². The highest BCUT2D eigenvalue weighted by Crippen LogP contribution is 2.26. The first-order valence-electron chi connectivity index (χ1n) is 5.44. The zero-order valence-corrected chi connectivity index (χ0v) is 9.22. The van der Waals surface area contributed by atoms with E-state index in [4.69, 9.17) is 10.2 Å². The number of anilines is 1. The highest BCUT2D eigenvalue weighted by atomic mass is 16.3. The third-order valence-corrected chi connectivity index (χ3v) is 2.97. The van der Waals surface area contributed by atoms with Crippen LogP contribution < -0.4 is 5.73 Å². The SMILES string of the molecule is Nc1ccc2c(c1)CN(C(=O)c1ccco1)C2. The molecule has 0 atom stereocenters. The van der Waals surface area contributed by atoms with E-state index in [0.717, 1.165) is 16.8 Å². The Morgan fingerprint density at radius 1 is 1.24 bits per heavy atom. The molecule has 1 aliphatic rings. The summed E-state index contributed by atoms with van der Waals surface area (Å²) in [5.41, 5.74) is 8.73. The van der Waals surface area contributed by atoms with Gasteiger partial charge in [-0.3, -0.25) is 4.79 Å². The normalized spacial score (nSPS) is 13.8. The first kappa shape index (κ1) is 9.96. The summed E-state index contributed by atoms with van der Waals surface area (Å²) >= 11 is 0. The molecule has 0 unspecified atom stereocenters.